The van der Waals surface area contributed by atoms with E-state index in [0.29, 0.717) is 6.07 Å². The number of anilines is 1. The van der Waals surface area contributed by atoms with E-state index in [-0.39, 0.29) is 12.2 Å². The first-order valence-corrected chi connectivity index (χ1v) is 3.13. The first-order chi connectivity index (χ1) is 6.04. The van der Waals surface area contributed by atoms with E-state index in [2.05, 4.69) is 9.97 Å². The number of carbonyl (C=O) groups excluding carboxylic acids is 1. The summed E-state index contributed by atoms with van der Waals surface area (Å²) in [6.45, 7) is 0. The van der Waals surface area contributed by atoms with Crippen molar-refractivity contribution in [1.82, 2.24) is 9.97 Å². The van der Waals surface area contributed by atoms with Gasteiger partial charge in [0.1, 0.15) is 17.8 Å². The third kappa shape index (κ3) is 2.39. The lowest BCUT2D eigenvalue weighted by Gasteiger charge is -2.05. The average Bonchev–Trinajstić information content (AvgIpc) is 2.04. The first-order valence-electron chi connectivity index (χ1n) is 3.13. The molecule has 7 heteroatoms. The first kappa shape index (κ1) is 9.43. The molecule has 70 valence electrons. The van der Waals surface area contributed by atoms with E-state index in [1.165, 1.54) is 0 Å². The fraction of sp³-hybridized carbons (Fsp3) is 0.167. The normalized spacial score (nSPS) is 11.0. The Morgan fingerprint density at radius 3 is 2.62 bits per heavy atom. The number of halogens is 3. The lowest BCUT2D eigenvalue weighted by atomic mass is 10.4. The van der Waals surface area contributed by atoms with Crippen LogP contribution >= 0.6 is 0 Å². The summed E-state index contributed by atoms with van der Waals surface area (Å²) in [4.78, 5) is 16.3. The van der Waals surface area contributed by atoms with Gasteiger partial charge in [-0.2, -0.15) is 13.2 Å². The summed E-state index contributed by atoms with van der Waals surface area (Å²) in [5.74, 6) is -0.183. The highest BCUT2D eigenvalue weighted by Crippen LogP contribution is 2.27. The maximum Gasteiger partial charge on any atom is 0.433 e. The van der Waals surface area contributed by atoms with E-state index in [9.17, 15) is 18.0 Å². The van der Waals surface area contributed by atoms with Crippen molar-refractivity contribution in [3.63, 3.8) is 0 Å². The summed E-state index contributed by atoms with van der Waals surface area (Å²) < 4.78 is 36.0. The molecule has 0 saturated heterocycles. The monoisotopic (exact) mass is 191 g/mol. The predicted octanol–water partition coefficient (Wildman–Crippen LogP) is 1.06. The molecule has 0 aliphatic rings. The van der Waals surface area contributed by atoms with Crippen LogP contribution in [0.1, 0.15) is 5.69 Å². The summed E-state index contributed by atoms with van der Waals surface area (Å²) in [7, 11) is 0. The van der Waals surface area contributed by atoms with Gasteiger partial charge in [0, 0.05) is 6.07 Å². The van der Waals surface area contributed by atoms with Crippen molar-refractivity contribution >= 4 is 12.2 Å². The van der Waals surface area contributed by atoms with Gasteiger partial charge in [0.2, 0.25) is 6.41 Å². The van der Waals surface area contributed by atoms with Crippen LogP contribution in [0.15, 0.2) is 12.4 Å². The standard InChI is InChI=1S/C6H4F3N3O/c7-6(8,9)4-1-5(12-3-13)11-2-10-4/h1-3H,(H,10,11,12,13). The SMILES string of the molecule is O=CNc1cc(C(F)(F)F)ncn1. The van der Waals surface area contributed by atoms with Crippen molar-refractivity contribution in [2.24, 2.45) is 0 Å². The van der Waals surface area contributed by atoms with Gasteiger partial charge in [0.25, 0.3) is 0 Å². The second kappa shape index (κ2) is 3.38. The average molecular weight is 191 g/mol. The summed E-state index contributed by atoms with van der Waals surface area (Å²) in [5.41, 5.74) is -1.09. The number of aromatic nitrogens is 2. The van der Waals surface area contributed by atoms with Crippen LogP contribution in [0, 0.1) is 0 Å². The molecule has 1 aromatic rings. The number of nitrogens with zero attached hydrogens (tertiary/aromatic N) is 2. The molecule has 1 heterocycles. The Labute approximate surface area is 70.8 Å². The maximum atomic E-state index is 12.0. The highest BCUT2D eigenvalue weighted by molar-refractivity contribution is 5.68. The van der Waals surface area contributed by atoms with Crippen LogP contribution in [0.25, 0.3) is 0 Å². The fourth-order valence-corrected chi connectivity index (χ4v) is 0.652. The van der Waals surface area contributed by atoms with E-state index >= 15 is 0 Å². The summed E-state index contributed by atoms with van der Waals surface area (Å²) in [6.07, 6.45) is -3.56. The molecule has 0 radical (unpaired) electrons. The van der Waals surface area contributed by atoms with Crippen LogP contribution in [-0.4, -0.2) is 16.4 Å². The van der Waals surface area contributed by atoms with Gasteiger partial charge in [-0.25, -0.2) is 9.97 Å². The van der Waals surface area contributed by atoms with Crippen molar-refractivity contribution in [1.29, 1.82) is 0 Å². The molecule has 0 spiro atoms. The van der Waals surface area contributed by atoms with Crippen LogP contribution in [0.2, 0.25) is 0 Å². The molecule has 1 N–H and O–H groups in total. The van der Waals surface area contributed by atoms with E-state index in [4.69, 9.17) is 0 Å². The number of alkyl halides is 3. The van der Waals surface area contributed by atoms with Gasteiger partial charge in [-0.1, -0.05) is 0 Å². The molecule has 0 bridgehead atoms. The molecular weight excluding hydrogens is 187 g/mol. The third-order valence-corrected chi connectivity index (χ3v) is 1.16. The third-order valence-electron chi connectivity index (χ3n) is 1.16. The van der Waals surface area contributed by atoms with Crippen molar-refractivity contribution in [2.45, 2.75) is 6.18 Å². The van der Waals surface area contributed by atoms with E-state index in [1.807, 2.05) is 5.32 Å². The van der Waals surface area contributed by atoms with E-state index in [1.54, 1.807) is 0 Å². The van der Waals surface area contributed by atoms with Crippen LogP contribution in [-0.2, 0) is 11.0 Å². The number of amides is 1. The molecule has 1 aromatic heterocycles. The van der Waals surface area contributed by atoms with Crippen molar-refractivity contribution < 1.29 is 18.0 Å². The van der Waals surface area contributed by atoms with Crippen LogP contribution < -0.4 is 5.32 Å². The van der Waals surface area contributed by atoms with Gasteiger partial charge in [-0.15, -0.1) is 0 Å². The number of hydrogen-bond donors (Lipinski definition) is 1. The van der Waals surface area contributed by atoms with Crippen LogP contribution in [0.4, 0.5) is 19.0 Å². The van der Waals surface area contributed by atoms with Crippen LogP contribution in [0.3, 0.4) is 0 Å². The molecule has 4 nitrogen and oxygen atoms in total. The minimum absolute atomic E-state index is 0.183. The Kier molecular flexibility index (Phi) is 2.45. The van der Waals surface area contributed by atoms with Gasteiger partial charge in [-0.05, 0) is 0 Å². The molecule has 0 aromatic carbocycles. The number of nitrogens with one attached hydrogen (secondary N) is 1. The lowest BCUT2D eigenvalue weighted by molar-refractivity contribution is -0.141. The Balaban J connectivity index is 2.98. The molecule has 0 aliphatic carbocycles. The molecule has 0 atom stereocenters. The highest BCUT2D eigenvalue weighted by atomic mass is 19.4. The second-order valence-electron chi connectivity index (χ2n) is 2.05. The van der Waals surface area contributed by atoms with Gasteiger partial charge >= 0.3 is 6.18 Å². The molecule has 0 saturated carbocycles. The van der Waals surface area contributed by atoms with Gasteiger partial charge in [0.05, 0.1) is 0 Å². The number of hydrogen-bond acceptors (Lipinski definition) is 3. The smallest absolute Gasteiger partial charge is 0.313 e. The second-order valence-corrected chi connectivity index (χ2v) is 2.05. The van der Waals surface area contributed by atoms with E-state index in [0.717, 1.165) is 6.33 Å². The molecule has 0 unspecified atom stereocenters. The van der Waals surface area contributed by atoms with Gasteiger partial charge in [0.15, 0.2) is 0 Å². The highest BCUT2D eigenvalue weighted by Gasteiger charge is 2.32. The molecule has 0 fully saturated rings. The van der Waals surface area contributed by atoms with E-state index < -0.39 is 11.9 Å². The quantitative estimate of drug-likeness (QED) is 0.711. The van der Waals surface area contributed by atoms with Gasteiger partial charge < -0.3 is 5.32 Å². The predicted molar refractivity (Wildman–Crippen MR) is 36.7 cm³/mol. The minimum atomic E-state index is -4.53. The molecule has 1 amide bonds. The largest absolute Gasteiger partial charge is 0.433 e. The van der Waals surface area contributed by atoms with Crippen LogP contribution in [0.5, 0.6) is 0 Å². The lowest BCUT2D eigenvalue weighted by Crippen LogP contribution is -2.09. The Bertz CT molecular complexity index is 312. The zero-order valence-electron chi connectivity index (χ0n) is 6.17. The zero-order valence-corrected chi connectivity index (χ0v) is 6.17. The summed E-state index contributed by atoms with van der Waals surface area (Å²) >= 11 is 0. The molecule has 1 rings (SSSR count). The summed E-state index contributed by atoms with van der Waals surface area (Å²) in [5, 5.41) is 1.99. The zero-order chi connectivity index (χ0) is 9.90. The number of rotatable bonds is 2. The Morgan fingerprint density at radius 1 is 1.38 bits per heavy atom. The van der Waals surface area contributed by atoms with Gasteiger partial charge in [-0.3, -0.25) is 4.79 Å². The maximum absolute atomic E-state index is 12.0. The topological polar surface area (TPSA) is 54.9 Å². The Morgan fingerprint density at radius 2 is 2.08 bits per heavy atom. The van der Waals surface area contributed by atoms with Crippen molar-refractivity contribution in [3.05, 3.63) is 18.1 Å². The molecule has 13 heavy (non-hydrogen) atoms. The number of carbonyl (C=O) groups is 1. The molecule has 0 aliphatic heterocycles. The minimum Gasteiger partial charge on any atom is -0.313 e. The molecular formula is C6H4F3N3O. The fourth-order valence-electron chi connectivity index (χ4n) is 0.652. The van der Waals surface area contributed by atoms with Crippen molar-refractivity contribution in [3.8, 4) is 0 Å². The van der Waals surface area contributed by atoms with Crippen molar-refractivity contribution in [2.75, 3.05) is 5.32 Å². The summed E-state index contributed by atoms with van der Waals surface area (Å²) in [6, 6.07) is 0.647. The Hall–Kier alpha value is -1.66.